The SMILES string of the molecule is CC1(C)c2ccccc2-c2cc3c(cc21)c1ccccc1n3-c1ccccc1-c1nc(-c2ccccc2)nc2c1[Si](c1ccccc1)(c1ccccc1)c1ccccc1-2. The van der Waals surface area contributed by atoms with Gasteiger partial charge < -0.3 is 4.57 Å². The van der Waals surface area contributed by atoms with Crippen LogP contribution in [-0.4, -0.2) is 22.6 Å². The van der Waals surface area contributed by atoms with Gasteiger partial charge in [-0.3, -0.25) is 0 Å². The van der Waals surface area contributed by atoms with Crippen molar-refractivity contribution in [3.05, 3.63) is 211 Å². The van der Waals surface area contributed by atoms with Crippen LogP contribution in [0, 0.1) is 0 Å². The third-order valence-electron chi connectivity index (χ3n) is 13.1. The molecule has 0 bridgehead atoms. The normalized spacial score (nSPS) is 14.2. The van der Waals surface area contributed by atoms with Crippen LogP contribution < -0.4 is 20.7 Å². The van der Waals surface area contributed by atoms with E-state index in [1.165, 1.54) is 70.4 Å². The van der Waals surface area contributed by atoms with E-state index in [0.29, 0.717) is 0 Å². The standard InChI is InChI=1S/C55H39N3Si/c1-55(2)45-30-16-12-26-39(45)43-35-49-44(34-46(43)55)40-27-13-17-31-47(40)58(49)48-32-18-14-28-41(48)51-53-52(57-54(56-51)36-20-6-3-7-21-36)42-29-15-19-33-50(42)59(53,37-22-8-4-9-23-37)38-24-10-5-11-25-38/h3-35H,1-2H3. The molecule has 3 nitrogen and oxygen atoms in total. The van der Waals surface area contributed by atoms with Gasteiger partial charge in [0.05, 0.1) is 28.1 Å². The Labute approximate surface area is 345 Å². The van der Waals surface area contributed by atoms with Gasteiger partial charge >= 0.3 is 0 Å². The molecule has 59 heavy (non-hydrogen) atoms. The fourth-order valence-electron chi connectivity index (χ4n) is 10.5. The van der Waals surface area contributed by atoms with Crippen molar-refractivity contribution in [2.24, 2.45) is 0 Å². The topological polar surface area (TPSA) is 30.7 Å². The Morgan fingerprint density at radius 1 is 0.441 bits per heavy atom. The van der Waals surface area contributed by atoms with E-state index in [9.17, 15) is 0 Å². The van der Waals surface area contributed by atoms with Crippen LogP contribution in [0.1, 0.15) is 25.0 Å². The van der Waals surface area contributed by atoms with E-state index in [0.717, 1.165) is 34.0 Å². The Bertz CT molecular complexity index is 3250. The first kappa shape index (κ1) is 33.9. The maximum Gasteiger partial charge on any atom is 0.185 e. The summed E-state index contributed by atoms with van der Waals surface area (Å²) in [6, 6.07) is 73.5. The number of para-hydroxylation sites is 2. The van der Waals surface area contributed by atoms with Gasteiger partial charge in [-0.15, -0.1) is 0 Å². The molecule has 2 aliphatic rings. The molecule has 12 rings (SSSR count). The summed E-state index contributed by atoms with van der Waals surface area (Å²) < 4.78 is 2.50. The van der Waals surface area contributed by atoms with Crippen molar-refractivity contribution in [2.75, 3.05) is 0 Å². The molecular weight excluding hydrogens is 731 g/mol. The van der Waals surface area contributed by atoms with Gasteiger partial charge in [0.25, 0.3) is 0 Å². The Kier molecular flexibility index (Phi) is 7.29. The zero-order valence-corrected chi connectivity index (χ0v) is 33.9. The van der Waals surface area contributed by atoms with Crippen molar-refractivity contribution in [1.82, 2.24) is 14.5 Å². The molecule has 0 saturated carbocycles. The van der Waals surface area contributed by atoms with Crippen LogP contribution in [0.15, 0.2) is 200 Å². The molecule has 2 aromatic heterocycles. The van der Waals surface area contributed by atoms with Crippen LogP contribution in [0.5, 0.6) is 0 Å². The van der Waals surface area contributed by atoms with Crippen molar-refractivity contribution >= 4 is 50.6 Å². The average molecular weight is 770 g/mol. The molecule has 1 aliphatic heterocycles. The van der Waals surface area contributed by atoms with Crippen molar-refractivity contribution in [3.8, 4) is 50.7 Å². The van der Waals surface area contributed by atoms with E-state index in [1.807, 2.05) is 0 Å². The highest BCUT2D eigenvalue weighted by molar-refractivity contribution is 7.22. The minimum Gasteiger partial charge on any atom is -0.309 e. The van der Waals surface area contributed by atoms with E-state index < -0.39 is 8.07 Å². The van der Waals surface area contributed by atoms with Crippen LogP contribution >= 0.6 is 0 Å². The van der Waals surface area contributed by atoms with Crippen LogP contribution in [0.4, 0.5) is 0 Å². The van der Waals surface area contributed by atoms with Crippen LogP contribution in [0.3, 0.4) is 0 Å². The predicted molar refractivity (Wildman–Crippen MR) is 247 cm³/mol. The summed E-state index contributed by atoms with van der Waals surface area (Å²) in [5, 5.41) is 7.73. The monoisotopic (exact) mass is 769 g/mol. The number of nitrogens with zero attached hydrogens (tertiary/aromatic N) is 3. The second-order valence-electron chi connectivity index (χ2n) is 16.5. The molecule has 4 heteroatoms. The van der Waals surface area contributed by atoms with E-state index >= 15 is 0 Å². The molecule has 8 aromatic carbocycles. The van der Waals surface area contributed by atoms with Gasteiger partial charge in [0, 0.05) is 38.1 Å². The summed E-state index contributed by atoms with van der Waals surface area (Å²) in [4.78, 5) is 11.3. The van der Waals surface area contributed by atoms with Crippen molar-refractivity contribution in [2.45, 2.75) is 19.3 Å². The number of aromatic nitrogens is 3. The summed E-state index contributed by atoms with van der Waals surface area (Å²) in [5.41, 5.74) is 14.0. The van der Waals surface area contributed by atoms with Gasteiger partial charge in [-0.2, -0.15) is 0 Å². The molecule has 3 heterocycles. The second kappa shape index (κ2) is 12.7. The summed E-state index contributed by atoms with van der Waals surface area (Å²) >= 11 is 0. The molecule has 0 fully saturated rings. The summed E-state index contributed by atoms with van der Waals surface area (Å²) in [6.45, 7) is 4.73. The van der Waals surface area contributed by atoms with Gasteiger partial charge in [-0.1, -0.05) is 190 Å². The Morgan fingerprint density at radius 3 is 1.73 bits per heavy atom. The molecular formula is C55H39N3Si. The molecule has 0 unspecified atom stereocenters. The van der Waals surface area contributed by atoms with E-state index in [1.54, 1.807) is 0 Å². The van der Waals surface area contributed by atoms with Crippen molar-refractivity contribution < 1.29 is 0 Å². The second-order valence-corrected chi connectivity index (χ2v) is 20.2. The molecule has 278 valence electrons. The molecule has 0 radical (unpaired) electrons. The highest BCUT2D eigenvalue weighted by atomic mass is 28.3. The lowest BCUT2D eigenvalue weighted by Crippen LogP contribution is -2.73. The Hall–Kier alpha value is -7.14. The largest absolute Gasteiger partial charge is 0.309 e. The smallest absolute Gasteiger partial charge is 0.185 e. The minimum absolute atomic E-state index is 0.103. The van der Waals surface area contributed by atoms with E-state index in [-0.39, 0.29) is 5.41 Å². The maximum atomic E-state index is 5.76. The van der Waals surface area contributed by atoms with Gasteiger partial charge in [0.1, 0.15) is 0 Å². The quantitative estimate of drug-likeness (QED) is 0.163. The Balaban J connectivity index is 1.23. The molecule has 1 aliphatic carbocycles. The minimum atomic E-state index is -3.00. The Morgan fingerprint density at radius 2 is 1.00 bits per heavy atom. The lowest BCUT2D eigenvalue weighted by molar-refractivity contribution is 0.661. The van der Waals surface area contributed by atoms with Gasteiger partial charge in [-0.25, -0.2) is 9.97 Å². The highest BCUT2D eigenvalue weighted by Gasteiger charge is 2.52. The van der Waals surface area contributed by atoms with Crippen LogP contribution in [-0.2, 0) is 5.41 Å². The zero-order valence-electron chi connectivity index (χ0n) is 32.9. The number of benzene rings is 8. The summed E-state index contributed by atoms with van der Waals surface area (Å²) in [7, 11) is -3.00. The average Bonchev–Trinajstić information content (AvgIpc) is 3.87. The molecule has 10 aromatic rings. The molecule has 0 atom stereocenters. The zero-order chi connectivity index (χ0) is 39.3. The fraction of sp³-hybridized carbons (Fsp3) is 0.0545. The van der Waals surface area contributed by atoms with Crippen molar-refractivity contribution in [1.29, 1.82) is 0 Å². The molecule has 0 spiro atoms. The van der Waals surface area contributed by atoms with Gasteiger partial charge in [-0.05, 0) is 62.1 Å². The first-order valence-electron chi connectivity index (χ1n) is 20.5. The number of rotatable bonds is 5. The molecule has 0 amide bonds. The van der Waals surface area contributed by atoms with Gasteiger partial charge in [0.2, 0.25) is 0 Å². The molecule has 0 saturated heterocycles. The fourth-order valence-corrected chi connectivity index (χ4v) is 15.7. The van der Waals surface area contributed by atoms with Crippen LogP contribution in [0.25, 0.3) is 72.5 Å². The number of hydrogen-bond donors (Lipinski definition) is 0. The summed E-state index contributed by atoms with van der Waals surface area (Å²) in [5.74, 6) is 0.730. The highest BCUT2D eigenvalue weighted by Crippen LogP contribution is 2.51. The van der Waals surface area contributed by atoms with Crippen molar-refractivity contribution in [3.63, 3.8) is 0 Å². The lowest BCUT2D eigenvalue weighted by Gasteiger charge is -2.32. The third kappa shape index (κ3) is 4.69. The first-order chi connectivity index (χ1) is 29.0. The first-order valence-corrected chi connectivity index (χ1v) is 22.5. The van der Waals surface area contributed by atoms with E-state index in [4.69, 9.17) is 9.97 Å². The van der Waals surface area contributed by atoms with Gasteiger partial charge in [0.15, 0.2) is 13.9 Å². The predicted octanol–water partition coefficient (Wildman–Crippen LogP) is 10.6. The number of hydrogen-bond acceptors (Lipinski definition) is 2. The maximum absolute atomic E-state index is 5.76. The lowest BCUT2D eigenvalue weighted by atomic mass is 9.82. The summed E-state index contributed by atoms with van der Waals surface area (Å²) in [6.07, 6.45) is 0. The van der Waals surface area contributed by atoms with Crippen LogP contribution in [0.2, 0.25) is 0 Å². The third-order valence-corrected chi connectivity index (χ3v) is 18.0. The van der Waals surface area contributed by atoms with E-state index in [2.05, 4.69) is 219 Å². The molecule has 0 N–H and O–H groups in total. The number of fused-ring (bicyclic) bond motifs is 9.